The van der Waals surface area contributed by atoms with E-state index in [4.69, 9.17) is 11.6 Å². The lowest BCUT2D eigenvalue weighted by molar-refractivity contribution is 0.502. The molecular weight excluding hydrogens is 287 g/mol. The molecule has 2 saturated heterocycles. The molecule has 2 aromatic rings. The van der Waals surface area contributed by atoms with Gasteiger partial charge in [-0.15, -0.1) is 0 Å². The number of halogens is 2. The molecule has 2 nitrogen and oxygen atoms in total. The van der Waals surface area contributed by atoms with E-state index in [0.717, 1.165) is 17.5 Å². The SMILES string of the molecule is Fc1ncc(C2C[C@@H]3CC[C@H]2N3)cc1-c1ccc(Cl)cc1. The third-order valence-electron chi connectivity index (χ3n) is 4.74. The second-order valence-electron chi connectivity index (χ2n) is 6.00. The van der Waals surface area contributed by atoms with Gasteiger partial charge in [0.2, 0.25) is 5.95 Å². The molecule has 108 valence electrons. The second kappa shape index (κ2) is 5.08. The zero-order chi connectivity index (χ0) is 14.4. The Morgan fingerprint density at radius 3 is 2.67 bits per heavy atom. The average molecular weight is 303 g/mol. The topological polar surface area (TPSA) is 24.9 Å². The average Bonchev–Trinajstić information content (AvgIpc) is 3.12. The first kappa shape index (κ1) is 13.2. The van der Waals surface area contributed by atoms with Crippen LogP contribution in [0.15, 0.2) is 36.5 Å². The standard InChI is InChI=1S/C17H16ClFN2/c18-12-3-1-10(2-4-12)15-7-11(9-20-17(15)19)14-8-13-5-6-16(14)21-13/h1-4,7,9,13-14,16,21H,5-6,8H2/t13-,14?,16+/m0/s1. The van der Waals surface area contributed by atoms with Crippen LogP contribution >= 0.6 is 11.6 Å². The van der Waals surface area contributed by atoms with Crippen molar-refractivity contribution in [1.29, 1.82) is 0 Å². The molecule has 2 aliphatic heterocycles. The minimum absolute atomic E-state index is 0.419. The molecule has 2 fully saturated rings. The van der Waals surface area contributed by atoms with Gasteiger partial charge in [-0.3, -0.25) is 0 Å². The highest BCUT2D eigenvalue weighted by Gasteiger charge is 2.39. The molecule has 1 unspecified atom stereocenters. The van der Waals surface area contributed by atoms with E-state index in [9.17, 15) is 4.39 Å². The molecule has 0 aliphatic carbocycles. The quantitative estimate of drug-likeness (QED) is 0.843. The minimum atomic E-state index is -0.419. The highest BCUT2D eigenvalue weighted by Crippen LogP contribution is 2.40. The van der Waals surface area contributed by atoms with Crippen LogP contribution in [-0.2, 0) is 0 Å². The van der Waals surface area contributed by atoms with Gasteiger partial charge in [-0.1, -0.05) is 23.7 Å². The Kier molecular flexibility index (Phi) is 3.20. The van der Waals surface area contributed by atoms with Crippen LogP contribution in [0.1, 0.15) is 30.7 Å². The van der Waals surface area contributed by atoms with Gasteiger partial charge < -0.3 is 5.32 Å². The van der Waals surface area contributed by atoms with Crippen molar-refractivity contribution in [3.05, 3.63) is 53.1 Å². The van der Waals surface area contributed by atoms with Gasteiger partial charge in [0.15, 0.2) is 0 Å². The Labute approximate surface area is 128 Å². The fraction of sp³-hybridized carbons (Fsp3) is 0.353. The first-order valence-electron chi connectivity index (χ1n) is 7.38. The maximum atomic E-state index is 14.1. The van der Waals surface area contributed by atoms with Crippen molar-refractivity contribution in [1.82, 2.24) is 10.3 Å². The first-order chi connectivity index (χ1) is 10.2. The molecule has 1 aromatic heterocycles. The molecule has 0 amide bonds. The number of nitrogens with zero attached hydrogens (tertiary/aromatic N) is 1. The number of benzene rings is 1. The second-order valence-corrected chi connectivity index (χ2v) is 6.44. The minimum Gasteiger partial charge on any atom is -0.311 e. The van der Waals surface area contributed by atoms with E-state index in [1.165, 1.54) is 12.8 Å². The molecule has 0 saturated carbocycles. The number of hydrogen-bond acceptors (Lipinski definition) is 2. The first-order valence-corrected chi connectivity index (χ1v) is 7.76. The van der Waals surface area contributed by atoms with Crippen LogP contribution in [0.5, 0.6) is 0 Å². The molecule has 2 aliphatic rings. The zero-order valence-corrected chi connectivity index (χ0v) is 12.3. The smallest absolute Gasteiger partial charge is 0.220 e. The van der Waals surface area contributed by atoms with E-state index >= 15 is 0 Å². The number of rotatable bonds is 2. The van der Waals surface area contributed by atoms with Crippen LogP contribution in [0.25, 0.3) is 11.1 Å². The molecule has 3 atom stereocenters. The maximum Gasteiger partial charge on any atom is 0.220 e. The maximum absolute atomic E-state index is 14.1. The Morgan fingerprint density at radius 1 is 1.19 bits per heavy atom. The van der Waals surface area contributed by atoms with Crippen molar-refractivity contribution >= 4 is 11.6 Å². The third kappa shape index (κ3) is 2.34. The molecule has 2 bridgehead atoms. The largest absolute Gasteiger partial charge is 0.311 e. The van der Waals surface area contributed by atoms with Gasteiger partial charge in [-0.05, 0) is 48.6 Å². The van der Waals surface area contributed by atoms with Crippen LogP contribution in [0.3, 0.4) is 0 Å². The summed E-state index contributed by atoms with van der Waals surface area (Å²) in [5.41, 5.74) is 2.52. The summed E-state index contributed by atoms with van der Waals surface area (Å²) >= 11 is 5.90. The van der Waals surface area contributed by atoms with Crippen molar-refractivity contribution in [3.8, 4) is 11.1 Å². The monoisotopic (exact) mass is 302 g/mol. The summed E-state index contributed by atoms with van der Waals surface area (Å²) in [6.45, 7) is 0. The van der Waals surface area contributed by atoms with E-state index < -0.39 is 5.95 Å². The van der Waals surface area contributed by atoms with E-state index in [2.05, 4.69) is 10.3 Å². The predicted molar refractivity (Wildman–Crippen MR) is 81.9 cm³/mol. The fourth-order valence-corrected chi connectivity index (χ4v) is 3.82. The van der Waals surface area contributed by atoms with Crippen LogP contribution in [0, 0.1) is 5.95 Å². The lowest BCUT2D eigenvalue weighted by Crippen LogP contribution is -2.21. The molecule has 3 heterocycles. The highest BCUT2D eigenvalue weighted by atomic mass is 35.5. The molecule has 21 heavy (non-hydrogen) atoms. The number of pyridine rings is 1. The molecule has 4 heteroatoms. The molecular formula is C17H16ClFN2. The predicted octanol–water partition coefficient (Wildman–Crippen LogP) is 4.15. The molecule has 0 radical (unpaired) electrons. The summed E-state index contributed by atoms with van der Waals surface area (Å²) in [5.74, 6) is 0.0417. The van der Waals surface area contributed by atoms with Crippen LogP contribution in [0.4, 0.5) is 4.39 Å². The normalized spacial score (nSPS) is 27.2. The van der Waals surface area contributed by atoms with Crippen molar-refractivity contribution in [2.24, 2.45) is 0 Å². The number of aromatic nitrogens is 1. The number of hydrogen-bond donors (Lipinski definition) is 1. The van der Waals surface area contributed by atoms with Gasteiger partial charge in [0.1, 0.15) is 0 Å². The van der Waals surface area contributed by atoms with Gasteiger partial charge in [0.05, 0.1) is 0 Å². The summed E-state index contributed by atoms with van der Waals surface area (Å²) in [6, 6.07) is 10.4. The highest BCUT2D eigenvalue weighted by molar-refractivity contribution is 6.30. The van der Waals surface area contributed by atoms with Crippen molar-refractivity contribution in [2.45, 2.75) is 37.3 Å². The van der Waals surface area contributed by atoms with Crippen molar-refractivity contribution in [2.75, 3.05) is 0 Å². The van der Waals surface area contributed by atoms with Gasteiger partial charge in [-0.25, -0.2) is 4.98 Å². The van der Waals surface area contributed by atoms with Crippen LogP contribution < -0.4 is 5.32 Å². The molecule has 0 spiro atoms. The van der Waals surface area contributed by atoms with Gasteiger partial charge in [0.25, 0.3) is 0 Å². The summed E-state index contributed by atoms with van der Waals surface area (Å²) in [7, 11) is 0. The zero-order valence-electron chi connectivity index (χ0n) is 11.5. The Hall–Kier alpha value is -1.45. The van der Waals surface area contributed by atoms with Crippen molar-refractivity contribution in [3.63, 3.8) is 0 Å². The Bertz CT molecular complexity index is 671. The van der Waals surface area contributed by atoms with Crippen LogP contribution in [-0.4, -0.2) is 17.1 Å². The number of nitrogens with one attached hydrogen (secondary N) is 1. The lowest BCUT2D eigenvalue weighted by atomic mass is 9.84. The Morgan fingerprint density at radius 2 is 2.00 bits per heavy atom. The summed E-state index contributed by atoms with van der Waals surface area (Å²) < 4.78 is 14.1. The summed E-state index contributed by atoms with van der Waals surface area (Å²) in [6.07, 6.45) is 5.31. The van der Waals surface area contributed by atoms with Gasteiger partial charge in [0, 0.05) is 34.8 Å². The Balaban J connectivity index is 1.71. The van der Waals surface area contributed by atoms with E-state index in [0.29, 0.717) is 28.6 Å². The third-order valence-corrected chi connectivity index (χ3v) is 5.00. The van der Waals surface area contributed by atoms with Crippen molar-refractivity contribution < 1.29 is 4.39 Å². The fourth-order valence-electron chi connectivity index (χ4n) is 3.69. The lowest BCUT2D eigenvalue weighted by Gasteiger charge is -2.20. The van der Waals surface area contributed by atoms with E-state index in [1.807, 2.05) is 18.2 Å². The van der Waals surface area contributed by atoms with Crippen LogP contribution in [0.2, 0.25) is 5.02 Å². The van der Waals surface area contributed by atoms with Gasteiger partial charge >= 0.3 is 0 Å². The molecule has 4 rings (SSSR count). The van der Waals surface area contributed by atoms with E-state index in [-0.39, 0.29) is 0 Å². The summed E-state index contributed by atoms with van der Waals surface area (Å²) in [4.78, 5) is 3.98. The van der Waals surface area contributed by atoms with E-state index in [1.54, 1.807) is 18.3 Å². The molecule has 1 aromatic carbocycles. The molecule has 1 N–H and O–H groups in total. The summed E-state index contributed by atoms with van der Waals surface area (Å²) in [5, 5.41) is 4.27. The number of fused-ring (bicyclic) bond motifs is 2. The van der Waals surface area contributed by atoms with Gasteiger partial charge in [-0.2, -0.15) is 4.39 Å².